The Kier molecular flexibility index (Phi) is 5.31. The van der Waals surface area contributed by atoms with Crippen LogP contribution in [0.4, 0.5) is 0 Å². The fraction of sp³-hybridized carbons (Fsp3) is 0.211. The lowest BCUT2D eigenvalue weighted by molar-refractivity contribution is 0.0968. The van der Waals surface area contributed by atoms with Gasteiger partial charge in [-0.3, -0.25) is 4.79 Å². The average Bonchev–Trinajstić information content (AvgIpc) is 2.53. The Morgan fingerprint density at radius 1 is 1.00 bits per heavy atom. The van der Waals surface area contributed by atoms with E-state index in [1.807, 2.05) is 48.5 Å². The van der Waals surface area contributed by atoms with Crippen molar-refractivity contribution in [2.75, 3.05) is 0 Å². The number of Topliss-reactive ketones (excluding diaryl/α,β-unsaturated/α-hetero) is 1. The van der Waals surface area contributed by atoms with Crippen LogP contribution in [0.1, 0.15) is 35.7 Å². The fourth-order valence-corrected chi connectivity index (χ4v) is 2.14. The van der Waals surface area contributed by atoms with Crippen molar-refractivity contribution in [1.29, 1.82) is 0 Å². The lowest BCUT2D eigenvalue weighted by Gasteiger charge is -2.09. The van der Waals surface area contributed by atoms with Crippen LogP contribution >= 0.6 is 0 Å². The van der Waals surface area contributed by atoms with E-state index >= 15 is 0 Å². The van der Waals surface area contributed by atoms with Crippen molar-refractivity contribution in [2.24, 2.45) is 5.92 Å². The molecule has 0 aliphatic carbocycles. The van der Waals surface area contributed by atoms with Crippen LogP contribution in [-0.2, 0) is 0 Å². The molecule has 0 fully saturated rings. The van der Waals surface area contributed by atoms with Gasteiger partial charge in [0.05, 0.1) is 0 Å². The van der Waals surface area contributed by atoms with Gasteiger partial charge in [0.2, 0.25) is 0 Å². The van der Waals surface area contributed by atoms with E-state index in [-0.39, 0.29) is 5.78 Å². The second-order valence-electron chi connectivity index (χ2n) is 4.93. The van der Waals surface area contributed by atoms with Crippen molar-refractivity contribution in [3.63, 3.8) is 0 Å². The molecule has 0 aliphatic heterocycles. The minimum Gasteiger partial charge on any atom is -0.294 e. The summed E-state index contributed by atoms with van der Waals surface area (Å²) in [7, 11) is 0. The Balaban J connectivity index is 1.99. The molecule has 0 saturated carbocycles. The lowest BCUT2D eigenvalue weighted by Crippen LogP contribution is -2.06. The summed E-state index contributed by atoms with van der Waals surface area (Å²) in [4.78, 5) is 12.2. The molecular weight excluding hydrogens is 244 g/mol. The first kappa shape index (κ1) is 14.3. The van der Waals surface area contributed by atoms with E-state index in [9.17, 15) is 4.79 Å². The largest absolute Gasteiger partial charge is 0.294 e. The molecule has 0 N–H and O–H groups in total. The number of allylic oxidation sites excluding steroid dienone is 1. The normalized spacial score (nSPS) is 12.4. The molecular formula is C19H20O. The van der Waals surface area contributed by atoms with Gasteiger partial charge in [0.1, 0.15) is 0 Å². The van der Waals surface area contributed by atoms with Gasteiger partial charge in [0.15, 0.2) is 5.78 Å². The quantitative estimate of drug-likeness (QED) is 0.671. The Bertz CT molecular complexity index is 555. The predicted octanol–water partition coefficient (Wildman–Crippen LogP) is 5.00. The van der Waals surface area contributed by atoms with E-state index in [1.54, 1.807) is 0 Å². The maximum absolute atomic E-state index is 12.2. The molecule has 0 amide bonds. The minimum atomic E-state index is 0.218. The first-order valence-corrected chi connectivity index (χ1v) is 7.11. The molecule has 102 valence electrons. The topological polar surface area (TPSA) is 17.1 Å². The van der Waals surface area contributed by atoms with Crippen molar-refractivity contribution in [1.82, 2.24) is 0 Å². The van der Waals surface area contributed by atoms with Gasteiger partial charge in [-0.05, 0) is 17.9 Å². The number of rotatable bonds is 6. The smallest absolute Gasteiger partial charge is 0.163 e. The third-order valence-corrected chi connectivity index (χ3v) is 3.43. The number of ketones is 1. The lowest BCUT2D eigenvalue weighted by atomic mass is 9.95. The summed E-state index contributed by atoms with van der Waals surface area (Å²) in [5, 5.41) is 0. The zero-order chi connectivity index (χ0) is 14.2. The first-order valence-electron chi connectivity index (χ1n) is 7.11. The number of benzene rings is 2. The fourth-order valence-electron chi connectivity index (χ4n) is 2.14. The molecule has 1 atom stereocenters. The third kappa shape index (κ3) is 4.20. The van der Waals surface area contributed by atoms with E-state index in [4.69, 9.17) is 0 Å². The molecule has 0 aromatic heterocycles. The highest BCUT2D eigenvalue weighted by molar-refractivity contribution is 5.96. The Hall–Kier alpha value is -2.15. The van der Waals surface area contributed by atoms with Gasteiger partial charge in [-0.15, -0.1) is 0 Å². The third-order valence-electron chi connectivity index (χ3n) is 3.43. The monoisotopic (exact) mass is 264 g/mol. The number of carbonyl (C=O) groups excluding carboxylic acids is 1. The maximum atomic E-state index is 12.2. The van der Waals surface area contributed by atoms with E-state index < -0.39 is 0 Å². The van der Waals surface area contributed by atoms with Gasteiger partial charge in [0.25, 0.3) is 0 Å². The van der Waals surface area contributed by atoms with Crippen LogP contribution in [-0.4, -0.2) is 5.78 Å². The molecule has 1 heteroatoms. The van der Waals surface area contributed by atoms with E-state index in [0.717, 1.165) is 12.0 Å². The second kappa shape index (κ2) is 7.44. The van der Waals surface area contributed by atoms with Crippen LogP contribution in [0.15, 0.2) is 66.7 Å². The van der Waals surface area contributed by atoms with Crippen LogP contribution in [0.2, 0.25) is 0 Å². The predicted molar refractivity (Wildman–Crippen MR) is 84.6 cm³/mol. The van der Waals surface area contributed by atoms with Crippen LogP contribution in [0.5, 0.6) is 0 Å². The van der Waals surface area contributed by atoms with Gasteiger partial charge < -0.3 is 0 Å². The zero-order valence-electron chi connectivity index (χ0n) is 11.8. The van der Waals surface area contributed by atoms with Crippen LogP contribution in [0.25, 0.3) is 6.08 Å². The van der Waals surface area contributed by atoms with Crippen molar-refractivity contribution in [3.8, 4) is 0 Å². The van der Waals surface area contributed by atoms with Gasteiger partial charge >= 0.3 is 0 Å². The molecule has 1 nitrogen and oxygen atoms in total. The van der Waals surface area contributed by atoms with Crippen molar-refractivity contribution >= 4 is 11.9 Å². The van der Waals surface area contributed by atoms with E-state index in [1.165, 1.54) is 5.56 Å². The Morgan fingerprint density at radius 3 is 2.20 bits per heavy atom. The van der Waals surface area contributed by atoms with Crippen LogP contribution in [0.3, 0.4) is 0 Å². The summed E-state index contributed by atoms with van der Waals surface area (Å²) in [6.45, 7) is 2.12. The molecule has 2 rings (SSSR count). The highest BCUT2D eigenvalue weighted by Gasteiger charge is 2.10. The van der Waals surface area contributed by atoms with Gasteiger partial charge in [-0.1, -0.05) is 79.7 Å². The Morgan fingerprint density at radius 2 is 1.60 bits per heavy atom. The number of hydrogen-bond donors (Lipinski definition) is 0. The first-order chi connectivity index (χ1) is 9.79. The van der Waals surface area contributed by atoms with Crippen molar-refractivity contribution in [2.45, 2.75) is 19.8 Å². The number of carbonyl (C=O) groups is 1. The maximum Gasteiger partial charge on any atom is 0.163 e. The molecule has 0 radical (unpaired) electrons. The summed E-state index contributed by atoms with van der Waals surface area (Å²) in [5.74, 6) is 0.512. The van der Waals surface area contributed by atoms with Crippen LogP contribution in [0, 0.1) is 5.92 Å². The second-order valence-corrected chi connectivity index (χ2v) is 4.93. The standard InChI is InChI=1S/C19H20O/c1-2-16(13-14-17-9-5-3-6-10-17)15-19(20)18-11-7-4-8-12-18/h3-14,16H,2,15H2,1H3/b14-13+/t16-/m1/s1. The molecule has 2 aromatic carbocycles. The molecule has 0 bridgehead atoms. The summed E-state index contributed by atoms with van der Waals surface area (Å²) in [6.07, 6.45) is 5.80. The minimum absolute atomic E-state index is 0.218. The van der Waals surface area contributed by atoms with E-state index in [0.29, 0.717) is 12.3 Å². The van der Waals surface area contributed by atoms with Gasteiger partial charge in [-0.2, -0.15) is 0 Å². The molecule has 0 aliphatic rings. The SMILES string of the molecule is CC[C@H](/C=C/c1ccccc1)CC(=O)c1ccccc1. The highest BCUT2D eigenvalue weighted by atomic mass is 16.1. The summed E-state index contributed by atoms with van der Waals surface area (Å²) in [6, 6.07) is 19.7. The molecule has 0 unspecified atom stereocenters. The molecule has 2 aromatic rings. The van der Waals surface area contributed by atoms with Gasteiger partial charge in [-0.25, -0.2) is 0 Å². The Labute approximate surface area is 121 Å². The highest BCUT2D eigenvalue weighted by Crippen LogP contribution is 2.16. The molecule has 0 spiro atoms. The summed E-state index contributed by atoms with van der Waals surface area (Å²) in [5.41, 5.74) is 1.98. The van der Waals surface area contributed by atoms with Crippen molar-refractivity contribution < 1.29 is 4.79 Å². The summed E-state index contributed by atoms with van der Waals surface area (Å²) >= 11 is 0. The van der Waals surface area contributed by atoms with Crippen molar-refractivity contribution in [3.05, 3.63) is 77.9 Å². The average molecular weight is 264 g/mol. The molecule has 0 heterocycles. The number of hydrogen-bond acceptors (Lipinski definition) is 1. The summed E-state index contributed by atoms with van der Waals surface area (Å²) < 4.78 is 0. The zero-order valence-corrected chi connectivity index (χ0v) is 11.8. The molecule has 0 saturated heterocycles. The van der Waals surface area contributed by atoms with Gasteiger partial charge in [0, 0.05) is 12.0 Å². The molecule has 20 heavy (non-hydrogen) atoms. The van der Waals surface area contributed by atoms with E-state index in [2.05, 4.69) is 31.2 Å². The van der Waals surface area contributed by atoms with Crippen LogP contribution < -0.4 is 0 Å².